The molecule has 0 aliphatic carbocycles. The number of halogens is 1. The topological polar surface area (TPSA) is 65.5 Å². The minimum absolute atomic E-state index is 0.231. The number of aromatic nitrogens is 1. The largest absolute Gasteiger partial charge is 0.340 e. The predicted molar refractivity (Wildman–Crippen MR) is 78.8 cm³/mol. The van der Waals surface area contributed by atoms with Crippen molar-refractivity contribution in [2.75, 3.05) is 25.0 Å². The number of carbonyl (C=O) groups is 2. The summed E-state index contributed by atoms with van der Waals surface area (Å²) >= 11 is 0. The highest BCUT2D eigenvalue weighted by atomic mass is 19.1. The highest BCUT2D eigenvalue weighted by Gasteiger charge is 2.31. The number of piperidine rings is 1. The molecule has 3 heterocycles. The van der Waals surface area contributed by atoms with E-state index in [4.69, 9.17) is 0 Å². The second-order valence-electron chi connectivity index (χ2n) is 5.70. The number of carbonyl (C=O) groups excluding carboxylic acids is 2. The molecule has 0 spiro atoms. The summed E-state index contributed by atoms with van der Waals surface area (Å²) in [6, 6.07) is 2.71. The molecule has 118 valence electrons. The SMILES string of the molecule is O=C(Nc1ccc(F)cn1)N1CCC(N2CCCC2=O)CC1. The van der Waals surface area contributed by atoms with Gasteiger partial charge in [0.1, 0.15) is 11.6 Å². The summed E-state index contributed by atoms with van der Waals surface area (Å²) in [4.78, 5) is 31.4. The van der Waals surface area contributed by atoms with Gasteiger partial charge in [-0.2, -0.15) is 0 Å². The average molecular weight is 306 g/mol. The van der Waals surface area contributed by atoms with Crippen LogP contribution >= 0.6 is 0 Å². The fraction of sp³-hybridized carbons (Fsp3) is 0.533. The quantitative estimate of drug-likeness (QED) is 0.906. The van der Waals surface area contributed by atoms with Gasteiger partial charge >= 0.3 is 6.03 Å². The van der Waals surface area contributed by atoms with Gasteiger partial charge in [-0.25, -0.2) is 14.2 Å². The summed E-state index contributed by atoms with van der Waals surface area (Å²) in [6.45, 7) is 2.07. The molecule has 1 N–H and O–H groups in total. The molecular formula is C15H19FN4O2. The number of hydrogen-bond donors (Lipinski definition) is 1. The predicted octanol–water partition coefficient (Wildman–Crippen LogP) is 1.84. The van der Waals surface area contributed by atoms with Crippen molar-refractivity contribution in [2.45, 2.75) is 31.7 Å². The summed E-state index contributed by atoms with van der Waals surface area (Å²) in [6.07, 6.45) is 4.26. The van der Waals surface area contributed by atoms with E-state index in [0.717, 1.165) is 32.0 Å². The number of anilines is 1. The lowest BCUT2D eigenvalue weighted by molar-refractivity contribution is -0.130. The third-order valence-corrected chi connectivity index (χ3v) is 4.26. The van der Waals surface area contributed by atoms with Gasteiger partial charge < -0.3 is 9.80 Å². The van der Waals surface area contributed by atoms with E-state index in [0.29, 0.717) is 25.3 Å². The third kappa shape index (κ3) is 3.18. The van der Waals surface area contributed by atoms with Crippen LogP contribution in [0, 0.1) is 5.82 Å². The van der Waals surface area contributed by atoms with E-state index in [2.05, 4.69) is 10.3 Å². The fourth-order valence-corrected chi connectivity index (χ4v) is 3.07. The smallest absolute Gasteiger partial charge is 0.323 e. The van der Waals surface area contributed by atoms with Gasteiger partial charge in [-0.3, -0.25) is 10.1 Å². The molecule has 0 radical (unpaired) electrons. The number of amides is 3. The molecule has 3 amide bonds. The van der Waals surface area contributed by atoms with E-state index in [1.807, 2.05) is 4.90 Å². The zero-order chi connectivity index (χ0) is 15.5. The molecular weight excluding hydrogens is 287 g/mol. The standard InChI is InChI=1S/C15H19FN4O2/c16-11-3-4-13(17-10-11)18-15(22)19-8-5-12(6-9-19)20-7-1-2-14(20)21/h3-4,10,12H,1-2,5-9H2,(H,17,18,22). The van der Waals surface area contributed by atoms with Crippen LogP contribution in [0.4, 0.5) is 15.0 Å². The number of nitrogens with one attached hydrogen (secondary N) is 1. The van der Waals surface area contributed by atoms with Crippen molar-refractivity contribution in [3.05, 3.63) is 24.1 Å². The minimum Gasteiger partial charge on any atom is -0.340 e. The Bertz CT molecular complexity index is 555. The van der Waals surface area contributed by atoms with E-state index < -0.39 is 5.82 Å². The molecule has 7 heteroatoms. The van der Waals surface area contributed by atoms with Crippen molar-refractivity contribution >= 4 is 17.8 Å². The van der Waals surface area contributed by atoms with Crippen LogP contribution in [0.1, 0.15) is 25.7 Å². The number of pyridine rings is 1. The van der Waals surface area contributed by atoms with Crippen LogP contribution in [-0.2, 0) is 4.79 Å². The number of urea groups is 1. The first-order chi connectivity index (χ1) is 10.6. The van der Waals surface area contributed by atoms with Gasteiger partial charge in [0, 0.05) is 32.1 Å². The number of rotatable bonds is 2. The van der Waals surface area contributed by atoms with Gasteiger partial charge in [0.15, 0.2) is 0 Å². The van der Waals surface area contributed by atoms with Crippen LogP contribution in [0.2, 0.25) is 0 Å². The van der Waals surface area contributed by atoms with Crippen molar-refractivity contribution in [1.29, 1.82) is 0 Å². The molecule has 2 aliphatic heterocycles. The van der Waals surface area contributed by atoms with E-state index in [1.54, 1.807) is 4.90 Å². The molecule has 0 atom stereocenters. The Morgan fingerprint density at radius 3 is 2.64 bits per heavy atom. The summed E-state index contributed by atoms with van der Waals surface area (Å²) < 4.78 is 12.8. The molecule has 1 aromatic rings. The number of likely N-dealkylation sites (tertiary alicyclic amines) is 2. The molecule has 0 aromatic carbocycles. The summed E-state index contributed by atoms with van der Waals surface area (Å²) in [5.74, 6) is 0.135. The molecule has 3 rings (SSSR count). The van der Waals surface area contributed by atoms with Gasteiger partial charge in [0.05, 0.1) is 6.20 Å². The van der Waals surface area contributed by atoms with Crippen LogP contribution in [0.3, 0.4) is 0 Å². The van der Waals surface area contributed by atoms with Crippen LogP contribution < -0.4 is 5.32 Å². The van der Waals surface area contributed by atoms with Gasteiger partial charge in [-0.1, -0.05) is 0 Å². The Morgan fingerprint density at radius 1 is 1.27 bits per heavy atom. The molecule has 0 unspecified atom stereocenters. The molecule has 22 heavy (non-hydrogen) atoms. The molecule has 0 bridgehead atoms. The maximum atomic E-state index is 12.8. The molecule has 1 aromatic heterocycles. The third-order valence-electron chi connectivity index (χ3n) is 4.26. The average Bonchev–Trinajstić information content (AvgIpc) is 2.96. The zero-order valence-corrected chi connectivity index (χ0v) is 12.3. The van der Waals surface area contributed by atoms with Gasteiger partial charge in [0.2, 0.25) is 5.91 Å². The first-order valence-electron chi connectivity index (χ1n) is 7.60. The minimum atomic E-state index is -0.436. The Labute approximate surface area is 128 Å². The van der Waals surface area contributed by atoms with E-state index in [9.17, 15) is 14.0 Å². The van der Waals surface area contributed by atoms with Crippen molar-refractivity contribution in [2.24, 2.45) is 0 Å². The van der Waals surface area contributed by atoms with Gasteiger partial charge in [0.25, 0.3) is 0 Å². The van der Waals surface area contributed by atoms with E-state index in [1.165, 1.54) is 12.1 Å². The lowest BCUT2D eigenvalue weighted by Gasteiger charge is -2.36. The highest BCUT2D eigenvalue weighted by Crippen LogP contribution is 2.22. The van der Waals surface area contributed by atoms with Gasteiger partial charge in [-0.15, -0.1) is 0 Å². The van der Waals surface area contributed by atoms with E-state index >= 15 is 0 Å². The zero-order valence-electron chi connectivity index (χ0n) is 12.3. The van der Waals surface area contributed by atoms with Crippen LogP contribution in [0.15, 0.2) is 18.3 Å². The summed E-state index contributed by atoms with van der Waals surface area (Å²) in [5, 5.41) is 2.66. The van der Waals surface area contributed by atoms with Crippen molar-refractivity contribution in [3.8, 4) is 0 Å². The molecule has 2 aliphatic rings. The maximum absolute atomic E-state index is 12.8. The Hall–Kier alpha value is -2.18. The number of hydrogen-bond acceptors (Lipinski definition) is 3. The van der Waals surface area contributed by atoms with Crippen molar-refractivity contribution < 1.29 is 14.0 Å². The highest BCUT2D eigenvalue weighted by molar-refractivity contribution is 5.88. The van der Waals surface area contributed by atoms with Crippen LogP contribution in [-0.4, -0.2) is 52.4 Å². The second-order valence-corrected chi connectivity index (χ2v) is 5.70. The van der Waals surface area contributed by atoms with Crippen LogP contribution in [0.25, 0.3) is 0 Å². The Kier molecular flexibility index (Phi) is 4.22. The fourth-order valence-electron chi connectivity index (χ4n) is 3.07. The Balaban J connectivity index is 1.51. The normalized spacial score (nSPS) is 19.6. The lowest BCUT2D eigenvalue weighted by atomic mass is 10.0. The molecule has 6 nitrogen and oxygen atoms in total. The maximum Gasteiger partial charge on any atom is 0.323 e. The van der Waals surface area contributed by atoms with Gasteiger partial charge in [-0.05, 0) is 31.4 Å². The monoisotopic (exact) mass is 306 g/mol. The molecule has 2 fully saturated rings. The van der Waals surface area contributed by atoms with Crippen molar-refractivity contribution in [1.82, 2.24) is 14.8 Å². The first-order valence-corrected chi connectivity index (χ1v) is 7.60. The van der Waals surface area contributed by atoms with Crippen molar-refractivity contribution in [3.63, 3.8) is 0 Å². The van der Waals surface area contributed by atoms with E-state index in [-0.39, 0.29) is 18.0 Å². The summed E-state index contributed by atoms with van der Waals surface area (Å²) in [7, 11) is 0. The lowest BCUT2D eigenvalue weighted by Crippen LogP contribution is -2.48. The Morgan fingerprint density at radius 2 is 2.05 bits per heavy atom. The number of nitrogens with zero attached hydrogens (tertiary/aromatic N) is 3. The summed E-state index contributed by atoms with van der Waals surface area (Å²) in [5.41, 5.74) is 0. The molecule has 0 saturated carbocycles. The first kappa shape index (κ1) is 14.7. The molecule has 2 saturated heterocycles. The second kappa shape index (κ2) is 6.29. The van der Waals surface area contributed by atoms with Crippen LogP contribution in [0.5, 0.6) is 0 Å².